The summed E-state index contributed by atoms with van der Waals surface area (Å²) < 4.78 is 11.1. The van der Waals surface area contributed by atoms with Gasteiger partial charge in [-0.1, -0.05) is 40.2 Å². The van der Waals surface area contributed by atoms with Crippen LogP contribution in [0, 0.1) is 0 Å². The van der Waals surface area contributed by atoms with Crippen molar-refractivity contribution in [3.63, 3.8) is 0 Å². The van der Waals surface area contributed by atoms with Gasteiger partial charge in [-0.3, -0.25) is 9.59 Å². The number of carbonyl (C=O) groups is 2. The summed E-state index contributed by atoms with van der Waals surface area (Å²) in [7, 11) is 3.09. The first-order valence-electron chi connectivity index (χ1n) is 8.65. The van der Waals surface area contributed by atoms with E-state index in [4.69, 9.17) is 9.47 Å². The molecule has 1 aliphatic rings. The molecule has 28 heavy (non-hydrogen) atoms. The summed E-state index contributed by atoms with van der Waals surface area (Å²) >= 11 is 3.35. The van der Waals surface area contributed by atoms with E-state index in [0.717, 1.165) is 4.47 Å². The molecule has 1 amide bonds. The molecule has 1 fully saturated rings. The number of likely N-dealkylation sites (tertiary alicyclic amines) is 1. The Morgan fingerprint density at radius 3 is 2.29 bits per heavy atom. The van der Waals surface area contributed by atoms with Crippen LogP contribution in [0.25, 0.3) is 5.76 Å². The normalized spacial score (nSPS) is 18.5. The molecule has 1 heterocycles. The number of methoxy groups -OCH3 is 2. The number of Topliss-reactive ketones (excluding diaryl/α,β-unsaturated/α-hetero) is 1. The summed E-state index contributed by atoms with van der Waals surface area (Å²) in [6, 6.07) is 13.3. The van der Waals surface area contributed by atoms with Gasteiger partial charge >= 0.3 is 0 Å². The lowest BCUT2D eigenvalue weighted by molar-refractivity contribution is -0.140. The van der Waals surface area contributed by atoms with E-state index < -0.39 is 17.7 Å². The van der Waals surface area contributed by atoms with Gasteiger partial charge in [-0.15, -0.1) is 0 Å². The highest BCUT2D eigenvalue weighted by Gasteiger charge is 2.45. The van der Waals surface area contributed by atoms with Gasteiger partial charge < -0.3 is 19.5 Å². The van der Waals surface area contributed by atoms with Crippen molar-refractivity contribution in [2.45, 2.75) is 6.04 Å². The van der Waals surface area contributed by atoms with Gasteiger partial charge in [-0.2, -0.15) is 0 Å². The lowest BCUT2D eigenvalue weighted by Gasteiger charge is -2.25. The second-order valence-electron chi connectivity index (χ2n) is 6.27. The van der Waals surface area contributed by atoms with Gasteiger partial charge in [-0.25, -0.2) is 0 Å². The Bertz CT molecular complexity index is 905. The van der Waals surface area contributed by atoms with E-state index >= 15 is 0 Å². The molecule has 0 radical (unpaired) electrons. The molecule has 1 saturated heterocycles. The Balaban J connectivity index is 2.13. The fraction of sp³-hybridized carbons (Fsp3) is 0.238. The third-order valence-corrected chi connectivity index (χ3v) is 5.15. The number of nitrogens with zero attached hydrogens (tertiary/aromatic N) is 1. The molecule has 0 bridgehead atoms. The number of ether oxygens (including phenoxy) is 2. The molecule has 146 valence electrons. The molecule has 7 heteroatoms. The summed E-state index contributed by atoms with van der Waals surface area (Å²) in [5.74, 6) is -0.911. The van der Waals surface area contributed by atoms with Crippen LogP contribution in [-0.4, -0.2) is 49.1 Å². The van der Waals surface area contributed by atoms with Crippen LogP contribution in [0.15, 0.2) is 58.6 Å². The quantitative estimate of drug-likeness (QED) is 0.418. The number of hydrogen-bond donors (Lipinski definition) is 1. The Hall–Kier alpha value is -2.64. The monoisotopic (exact) mass is 445 g/mol. The van der Waals surface area contributed by atoms with Gasteiger partial charge in [0.15, 0.2) is 0 Å². The van der Waals surface area contributed by atoms with Crippen LogP contribution in [0.5, 0.6) is 5.75 Å². The number of halogens is 1. The van der Waals surface area contributed by atoms with Crippen molar-refractivity contribution >= 4 is 33.4 Å². The van der Waals surface area contributed by atoms with E-state index in [0.29, 0.717) is 16.9 Å². The average Bonchev–Trinajstić information content (AvgIpc) is 2.97. The Morgan fingerprint density at radius 2 is 1.71 bits per heavy atom. The van der Waals surface area contributed by atoms with Crippen molar-refractivity contribution in [2.24, 2.45) is 0 Å². The third kappa shape index (κ3) is 3.81. The predicted molar refractivity (Wildman–Crippen MR) is 108 cm³/mol. The maximum absolute atomic E-state index is 12.8. The average molecular weight is 446 g/mol. The molecule has 1 atom stereocenters. The van der Waals surface area contributed by atoms with Gasteiger partial charge in [0, 0.05) is 23.7 Å². The van der Waals surface area contributed by atoms with Gasteiger partial charge in [0.25, 0.3) is 11.7 Å². The standard InChI is InChI=1S/C21H20BrNO5/c1-27-12-11-23-18(13-5-9-16(28-2)10-6-13)17(20(25)21(23)26)19(24)14-3-7-15(22)8-4-14/h3-10,18,24H,11-12H2,1-2H3/b19-17-. The maximum Gasteiger partial charge on any atom is 0.295 e. The highest BCUT2D eigenvalue weighted by molar-refractivity contribution is 9.10. The van der Waals surface area contributed by atoms with E-state index in [-0.39, 0.29) is 24.5 Å². The van der Waals surface area contributed by atoms with Crippen molar-refractivity contribution in [3.8, 4) is 5.75 Å². The van der Waals surface area contributed by atoms with Crippen molar-refractivity contribution in [1.82, 2.24) is 4.90 Å². The first kappa shape index (κ1) is 20.1. The van der Waals surface area contributed by atoms with Crippen LogP contribution in [0.4, 0.5) is 0 Å². The second kappa shape index (κ2) is 8.58. The SMILES string of the molecule is COCCN1C(=O)C(=O)/C(=C(\O)c2ccc(Br)cc2)C1c1ccc(OC)cc1. The minimum Gasteiger partial charge on any atom is -0.507 e. The molecule has 1 unspecified atom stereocenters. The highest BCUT2D eigenvalue weighted by atomic mass is 79.9. The lowest BCUT2D eigenvalue weighted by atomic mass is 9.95. The van der Waals surface area contributed by atoms with Crippen molar-refractivity contribution < 1.29 is 24.2 Å². The van der Waals surface area contributed by atoms with Crippen LogP contribution in [0.3, 0.4) is 0 Å². The number of carbonyl (C=O) groups excluding carboxylic acids is 2. The van der Waals surface area contributed by atoms with E-state index in [2.05, 4.69) is 15.9 Å². The summed E-state index contributed by atoms with van der Waals surface area (Å²) in [6.07, 6.45) is 0. The van der Waals surface area contributed by atoms with Crippen LogP contribution in [-0.2, 0) is 14.3 Å². The second-order valence-corrected chi connectivity index (χ2v) is 7.18. The van der Waals surface area contributed by atoms with Gasteiger partial charge in [-0.05, 0) is 29.8 Å². The smallest absolute Gasteiger partial charge is 0.295 e. The van der Waals surface area contributed by atoms with Crippen LogP contribution in [0.1, 0.15) is 17.2 Å². The fourth-order valence-corrected chi connectivity index (χ4v) is 3.46. The van der Waals surface area contributed by atoms with E-state index in [1.165, 1.54) is 12.0 Å². The van der Waals surface area contributed by atoms with Crippen molar-refractivity contribution in [3.05, 3.63) is 69.7 Å². The maximum atomic E-state index is 12.8. The molecular formula is C21H20BrNO5. The largest absolute Gasteiger partial charge is 0.507 e. The third-order valence-electron chi connectivity index (χ3n) is 4.63. The number of aliphatic hydroxyl groups excluding tert-OH is 1. The highest BCUT2D eigenvalue weighted by Crippen LogP contribution is 2.39. The number of ketones is 1. The molecule has 1 N–H and O–H groups in total. The minimum absolute atomic E-state index is 0.0635. The summed E-state index contributed by atoms with van der Waals surface area (Å²) in [5, 5.41) is 10.9. The zero-order valence-corrected chi connectivity index (χ0v) is 17.1. The van der Waals surface area contributed by atoms with Gasteiger partial charge in [0.1, 0.15) is 11.5 Å². The van der Waals surface area contributed by atoms with Crippen LogP contribution < -0.4 is 4.74 Å². The molecule has 0 aliphatic carbocycles. The molecule has 1 aliphatic heterocycles. The van der Waals surface area contributed by atoms with Crippen molar-refractivity contribution in [1.29, 1.82) is 0 Å². The zero-order valence-electron chi connectivity index (χ0n) is 15.5. The fourth-order valence-electron chi connectivity index (χ4n) is 3.20. The lowest BCUT2D eigenvalue weighted by Crippen LogP contribution is -2.32. The summed E-state index contributed by atoms with van der Waals surface area (Å²) in [4.78, 5) is 26.9. The predicted octanol–water partition coefficient (Wildman–Crippen LogP) is 3.53. The topological polar surface area (TPSA) is 76.1 Å². The van der Waals surface area contributed by atoms with Gasteiger partial charge in [0.2, 0.25) is 0 Å². The number of amides is 1. The number of hydrogen-bond acceptors (Lipinski definition) is 5. The first-order valence-corrected chi connectivity index (χ1v) is 9.44. The molecule has 0 aromatic heterocycles. The van der Waals surface area contributed by atoms with Crippen LogP contribution in [0.2, 0.25) is 0 Å². The van der Waals surface area contributed by atoms with Gasteiger partial charge in [0.05, 0.1) is 25.3 Å². The molecule has 0 spiro atoms. The molecular weight excluding hydrogens is 426 g/mol. The summed E-state index contributed by atoms with van der Waals surface area (Å²) in [5.41, 5.74) is 1.23. The minimum atomic E-state index is -0.711. The summed E-state index contributed by atoms with van der Waals surface area (Å²) in [6.45, 7) is 0.507. The molecule has 2 aromatic carbocycles. The first-order chi connectivity index (χ1) is 13.5. The Morgan fingerprint density at radius 1 is 1.07 bits per heavy atom. The van der Waals surface area contributed by atoms with E-state index in [9.17, 15) is 14.7 Å². The zero-order chi connectivity index (χ0) is 20.3. The molecule has 3 rings (SSSR count). The molecule has 6 nitrogen and oxygen atoms in total. The van der Waals surface area contributed by atoms with E-state index in [1.54, 1.807) is 55.6 Å². The Kier molecular flexibility index (Phi) is 6.16. The molecule has 2 aromatic rings. The van der Waals surface area contributed by atoms with Crippen molar-refractivity contribution in [2.75, 3.05) is 27.4 Å². The number of rotatable bonds is 6. The van der Waals surface area contributed by atoms with Crippen LogP contribution >= 0.6 is 15.9 Å². The molecule has 0 saturated carbocycles. The Labute approximate surface area is 171 Å². The number of aliphatic hydroxyl groups is 1. The van der Waals surface area contributed by atoms with E-state index in [1.807, 2.05) is 0 Å². The number of benzene rings is 2.